The second kappa shape index (κ2) is 8.99. The van der Waals surface area contributed by atoms with Crippen molar-refractivity contribution < 1.29 is 4.79 Å². The molecule has 27 heavy (non-hydrogen) atoms. The molecule has 1 aromatic carbocycles. The summed E-state index contributed by atoms with van der Waals surface area (Å²) in [7, 11) is 0. The van der Waals surface area contributed by atoms with E-state index in [1.54, 1.807) is 0 Å². The van der Waals surface area contributed by atoms with Crippen LogP contribution in [-0.4, -0.2) is 43.5 Å². The number of hydrogen-bond acceptors (Lipinski definition) is 4. The number of amides is 2. The first-order chi connectivity index (χ1) is 13.0. The highest BCUT2D eigenvalue weighted by Crippen LogP contribution is 2.14. The number of guanidine groups is 1. The molecule has 7 nitrogen and oxygen atoms in total. The third-order valence-corrected chi connectivity index (χ3v) is 4.89. The van der Waals surface area contributed by atoms with Crippen molar-refractivity contribution in [3.63, 3.8) is 0 Å². The molecule has 0 spiro atoms. The van der Waals surface area contributed by atoms with Gasteiger partial charge in [0.05, 0.1) is 12.5 Å². The van der Waals surface area contributed by atoms with Gasteiger partial charge in [0.25, 0.3) is 0 Å². The first-order valence-corrected chi connectivity index (χ1v) is 9.60. The summed E-state index contributed by atoms with van der Waals surface area (Å²) in [5.74, 6) is 1.76. The zero-order valence-electron chi connectivity index (χ0n) is 16.3. The molecule has 1 fully saturated rings. The fourth-order valence-electron chi connectivity index (χ4n) is 3.22. The Kier molecular flexibility index (Phi) is 6.45. The van der Waals surface area contributed by atoms with Gasteiger partial charge in [0.1, 0.15) is 5.84 Å². The van der Waals surface area contributed by atoms with Gasteiger partial charge in [-0.3, -0.25) is 10.3 Å². The van der Waals surface area contributed by atoms with Crippen LogP contribution < -0.4 is 21.3 Å². The lowest BCUT2D eigenvalue weighted by atomic mass is 10.00. The lowest BCUT2D eigenvalue weighted by molar-refractivity contribution is 0.256. The summed E-state index contributed by atoms with van der Waals surface area (Å²) in [4.78, 5) is 21.4. The van der Waals surface area contributed by atoms with Crippen LogP contribution in [0, 0.1) is 26.2 Å². The molecule has 3 rings (SSSR count). The molecule has 145 valence electrons. The Balaban J connectivity index is 1.55. The molecular formula is C20H29N6O. The average Bonchev–Trinajstić information content (AvgIpc) is 2.63. The number of benzene rings is 1. The van der Waals surface area contributed by atoms with Crippen LogP contribution in [0.5, 0.6) is 0 Å². The summed E-state index contributed by atoms with van der Waals surface area (Å²) < 4.78 is 0. The molecule has 2 atom stereocenters. The molecule has 2 aliphatic heterocycles. The van der Waals surface area contributed by atoms with Crippen LogP contribution in [0.15, 0.2) is 28.2 Å². The van der Waals surface area contributed by atoms with E-state index in [1.807, 2.05) is 45.4 Å². The molecule has 7 heteroatoms. The minimum Gasteiger partial charge on any atom is -0.316 e. The van der Waals surface area contributed by atoms with Crippen LogP contribution in [0.2, 0.25) is 0 Å². The summed E-state index contributed by atoms with van der Waals surface area (Å²) in [5.41, 5.74) is 3.08. The Hall–Kier alpha value is -2.41. The maximum absolute atomic E-state index is 12.3. The third-order valence-electron chi connectivity index (χ3n) is 4.89. The minimum atomic E-state index is -0.325. The minimum absolute atomic E-state index is 0.0357. The van der Waals surface area contributed by atoms with E-state index in [4.69, 9.17) is 0 Å². The van der Waals surface area contributed by atoms with E-state index >= 15 is 0 Å². The van der Waals surface area contributed by atoms with E-state index in [0.29, 0.717) is 11.9 Å². The molecular weight excluding hydrogens is 340 g/mol. The van der Waals surface area contributed by atoms with Crippen LogP contribution >= 0.6 is 0 Å². The quantitative estimate of drug-likeness (QED) is 0.659. The highest BCUT2D eigenvalue weighted by Gasteiger charge is 2.19. The van der Waals surface area contributed by atoms with Crippen molar-refractivity contribution >= 4 is 23.5 Å². The number of anilines is 1. The fraction of sp³-hybridized carbons (Fsp3) is 0.500. The Bertz CT molecular complexity index is 736. The van der Waals surface area contributed by atoms with Gasteiger partial charge in [-0.05, 0) is 75.9 Å². The van der Waals surface area contributed by atoms with Gasteiger partial charge in [0.2, 0.25) is 5.96 Å². The van der Waals surface area contributed by atoms with Crippen molar-refractivity contribution in [1.29, 1.82) is 0 Å². The predicted octanol–water partition coefficient (Wildman–Crippen LogP) is 2.38. The summed E-state index contributed by atoms with van der Waals surface area (Å²) in [6.45, 7) is 8.94. The third kappa shape index (κ3) is 5.79. The molecule has 0 saturated carbocycles. The number of carbonyl (C=O) groups excluding carboxylic acids is 1. The highest BCUT2D eigenvalue weighted by atomic mass is 16.2. The molecule has 2 heterocycles. The predicted molar refractivity (Wildman–Crippen MR) is 110 cm³/mol. The number of piperidine rings is 1. The summed E-state index contributed by atoms with van der Waals surface area (Å²) in [6, 6.07) is 5.47. The van der Waals surface area contributed by atoms with Crippen LogP contribution in [-0.2, 0) is 0 Å². The normalized spacial score (nSPS) is 24.1. The van der Waals surface area contributed by atoms with Crippen LogP contribution in [0.3, 0.4) is 0 Å². The maximum atomic E-state index is 12.3. The van der Waals surface area contributed by atoms with Gasteiger partial charge in [-0.2, -0.15) is 0 Å². The number of rotatable bonds is 3. The Morgan fingerprint density at radius 1 is 1.30 bits per heavy atom. The Labute approximate surface area is 161 Å². The first kappa shape index (κ1) is 19.4. The number of aryl methyl sites for hydroxylation is 2. The lowest BCUT2D eigenvalue weighted by Crippen LogP contribution is -2.49. The van der Waals surface area contributed by atoms with E-state index in [-0.39, 0.29) is 12.1 Å². The van der Waals surface area contributed by atoms with E-state index < -0.39 is 0 Å². The summed E-state index contributed by atoms with van der Waals surface area (Å²) in [5, 5.41) is 12.1. The summed E-state index contributed by atoms with van der Waals surface area (Å²) >= 11 is 0. The molecule has 4 N–H and O–H groups in total. The molecule has 1 aromatic rings. The summed E-state index contributed by atoms with van der Waals surface area (Å²) in [6.07, 6.45) is 4.38. The standard InChI is InChI=1S/C20H29N6O/c1-13-6-7-17(9-14(13)2)24-20(27)26-19-23-15(3)10-18(25-19)22-12-16-5-4-8-21-11-16/h6-7,9-10,15-16,21H,4-5,8,11-12H2,1-3H3,(H3,22,23,24,25,26,27). The zero-order chi connectivity index (χ0) is 19.2. The Morgan fingerprint density at radius 2 is 2.15 bits per heavy atom. The fourth-order valence-corrected chi connectivity index (χ4v) is 3.22. The smallest absolute Gasteiger partial charge is 0.316 e. The molecule has 0 bridgehead atoms. The molecule has 0 aliphatic carbocycles. The van der Waals surface area contributed by atoms with Crippen molar-refractivity contribution in [2.45, 2.75) is 39.7 Å². The average molecular weight is 369 g/mol. The monoisotopic (exact) mass is 369 g/mol. The van der Waals surface area contributed by atoms with Gasteiger partial charge >= 0.3 is 6.03 Å². The first-order valence-electron chi connectivity index (χ1n) is 9.60. The van der Waals surface area contributed by atoms with E-state index in [2.05, 4.69) is 31.3 Å². The van der Waals surface area contributed by atoms with Crippen molar-refractivity contribution in [2.75, 3.05) is 25.0 Å². The van der Waals surface area contributed by atoms with Crippen molar-refractivity contribution in [3.8, 4) is 0 Å². The number of nitrogens with one attached hydrogen (secondary N) is 4. The van der Waals surface area contributed by atoms with Gasteiger partial charge in [-0.25, -0.2) is 9.79 Å². The molecule has 2 unspecified atom stereocenters. The highest BCUT2D eigenvalue weighted by molar-refractivity contribution is 6.12. The van der Waals surface area contributed by atoms with Crippen LogP contribution in [0.4, 0.5) is 10.5 Å². The number of aliphatic imine (C=N–C) groups is 2. The molecule has 0 aromatic heterocycles. The SMILES string of the molecule is Cc1ccc(NC(=O)NC2=NC(C)[CH]C(=NCC3CCCNC3)N2)cc1C. The number of hydrogen-bond donors (Lipinski definition) is 4. The number of nitrogens with zero attached hydrogens (tertiary/aromatic N) is 2. The maximum Gasteiger partial charge on any atom is 0.325 e. The molecule has 2 amide bonds. The number of amidine groups is 1. The second-order valence-electron chi connectivity index (χ2n) is 7.33. The Morgan fingerprint density at radius 3 is 2.89 bits per heavy atom. The van der Waals surface area contributed by atoms with Gasteiger partial charge in [-0.15, -0.1) is 0 Å². The molecule has 1 saturated heterocycles. The van der Waals surface area contributed by atoms with Gasteiger partial charge < -0.3 is 16.0 Å². The number of urea groups is 1. The van der Waals surface area contributed by atoms with Crippen molar-refractivity contribution in [3.05, 3.63) is 35.7 Å². The van der Waals surface area contributed by atoms with E-state index in [0.717, 1.165) is 36.7 Å². The molecule has 2 aliphatic rings. The second-order valence-corrected chi connectivity index (χ2v) is 7.33. The number of carbonyl (C=O) groups is 1. The van der Waals surface area contributed by atoms with Crippen molar-refractivity contribution in [1.82, 2.24) is 16.0 Å². The zero-order valence-corrected chi connectivity index (χ0v) is 16.3. The van der Waals surface area contributed by atoms with Crippen molar-refractivity contribution in [2.24, 2.45) is 15.9 Å². The van der Waals surface area contributed by atoms with Gasteiger partial charge in [0, 0.05) is 12.2 Å². The van der Waals surface area contributed by atoms with Gasteiger partial charge in [-0.1, -0.05) is 6.07 Å². The molecule has 1 radical (unpaired) electrons. The lowest BCUT2D eigenvalue weighted by Gasteiger charge is -2.24. The van der Waals surface area contributed by atoms with Crippen LogP contribution in [0.25, 0.3) is 0 Å². The van der Waals surface area contributed by atoms with E-state index in [9.17, 15) is 4.79 Å². The topological polar surface area (TPSA) is 89.9 Å². The van der Waals surface area contributed by atoms with Gasteiger partial charge in [0.15, 0.2) is 0 Å². The largest absolute Gasteiger partial charge is 0.325 e. The van der Waals surface area contributed by atoms with E-state index in [1.165, 1.54) is 18.4 Å². The van der Waals surface area contributed by atoms with Crippen LogP contribution in [0.1, 0.15) is 30.9 Å².